The van der Waals surface area contributed by atoms with Crippen LogP contribution >= 0.6 is 0 Å². The summed E-state index contributed by atoms with van der Waals surface area (Å²) in [5, 5.41) is 13.9. The minimum absolute atomic E-state index is 0.0510. The number of carbonyl (C=O) groups excluding carboxylic acids is 1. The van der Waals surface area contributed by atoms with Gasteiger partial charge in [0, 0.05) is 25.2 Å². The van der Waals surface area contributed by atoms with Crippen molar-refractivity contribution in [3.05, 3.63) is 65.2 Å². The number of hydrogen-bond acceptors (Lipinski definition) is 4. The second-order valence-corrected chi connectivity index (χ2v) is 6.90. The van der Waals surface area contributed by atoms with Gasteiger partial charge in [-0.2, -0.15) is 0 Å². The number of carbonyl (C=O) groups is 1. The smallest absolute Gasteiger partial charge is 0.234 e. The highest BCUT2D eigenvalue weighted by molar-refractivity contribution is 5.78. The molecule has 1 aliphatic heterocycles. The summed E-state index contributed by atoms with van der Waals surface area (Å²) in [6, 6.07) is 15.5. The number of aryl methyl sites for hydroxylation is 1. The Hall–Kier alpha value is -2.37. The van der Waals surface area contributed by atoms with Gasteiger partial charge in [0.1, 0.15) is 11.4 Å². The van der Waals surface area contributed by atoms with Crippen LogP contribution in [0.5, 0.6) is 5.75 Å². The van der Waals surface area contributed by atoms with Crippen molar-refractivity contribution >= 4 is 5.91 Å². The number of β-amino-alcohol motifs (C(OH)–C–C–N with tert-alkyl or cyclic N) is 1. The van der Waals surface area contributed by atoms with Crippen LogP contribution in [-0.4, -0.2) is 42.7 Å². The van der Waals surface area contributed by atoms with Crippen molar-refractivity contribution in [2.45, 2.75) is 25.5 Å². The van der Waals surface area contributed by atoms with E-state index in [2.05, 4.69) is 5.32 Å². The van der Waals surface area contributed by atoms with Crippen molar-refractivity contribution in [3.8, 4) is 5.75 Å². The summed E-state index contributed by atoms with van der Waals surface area (Å²) in [6.07, 6.45) is 0.637. The fourth-order valence-electron chi connectivity index (χ4n) is 3.62. The highest BCUT2D eigenvalue weighted by atomic mass is 16.5. The predicted octanol–water partition coefficient (Wildman–Crippen LogP) is 2.21. The van der Waals surface area contributed by atoms with E-state index >= 15 is 0 Å². The molecule has 0 aromatic heterocycles. The quantitative estimate of drug-likeness (QED) is 0.835. The molecular formula is C21H26N2O3. The maximum absolute atomic E-state index is 12.3. The molecule has 2 N–H and O–H groups in total. The third-order valence-electron chi connectivity index (χ3n) is 5.01. The minimum Gasteiger partial charge on any atom is -0.496 e. The zero-order valence-electron chi connectivity index (χ0n) is 15.4. The SMILES string of the molecule is COc1ccccc1CNC(=O)CN1CCC(O)(c2ccccc2C)C1. The Bertz CT molecular complexity index is 777. The van der Waals surface area contributed by atoms with Gasteiger partial charge in [0.15, 0.2) is 0 Å². The molecule has 0 aliphatic carbocycles. The van der Waals surface area contributed by atoms with Crippen LogP contribution in [0.15, 0.2) is 48.5 Å². The average Bonchev–Trinajstić information content (AvgIpc) is 3.02. The highest BCUT2D eigenvalue weighted by Gasteiger charge is 2.38. The van der Waals surface area contributed by atoms with Crippen molar-refractivity contribution < 1.29 is 14.6 Å². The number of rotatable bonds is 6. The molecule has 3 rings (SSSR count). The van der Waals surface area contributed by atoms with Crippen LogP contribution in [0.1, 0.15) is 23.1 Å². The lowest BCUT2D eigenvalue weighted by Gasteiger charge is -2.25. The van der Waals surface area contributed by atoms with Crippen LogP contribution < -0.4 is 10.1 Å². The number of benzene rings is 2. The van der Waals surface area contributed by atoms with Gasteiger partial charge in [0.25, 0.3) is 0 Å². The van der Waals surface area contributed by atoms with Crippen LogP contribution in [0.4, 0.5) is 0 Å². The first-order chi connectivity index (χ1) is 12.5. The number of nitrogens with one attached hydrogen (secondary N) is 1. The van der Waals surface area contributed by atoms with E-state index in [9.17, 15) is 9.90 Å². The largest absolute Gasteiger partial charge is 0.496 e. The third kappa shape index (κ3) is 4.06. The van der Waals surface area contributed by atoms with E-state index in [0.29, 0.717) is 26.1 Å². The van der Waals surface area contributed by atoms with Crippen molar-refractivity contribution in [3.63, 3.8) is 0 Å². The van der Waals surface area contributed by atoms with Gasteiger partial charge in [-0.25, -0.2) is 0 Å². The number of aliphatic hydroxyl groups is 1. The summed E-state index contributed by atoms with van der Waals surface area (Å²) in [5.74, 6) is 0.716. The molecule has 1 aliphatic rings. The molecule has 26 heavy (non-hydrogen) atoms. The number of likely N-dealkylation sites (tertiary alicyclic amines) is 1. The molecule has 1 fully saturated rings. The number of ether oxygens (including phenoxy) is 1. The third-order valence-corrected chi connectivity index (χ3v) is 5.01. The molecule has 138 valence electrons. The zero-order valence-corrected chi connectivity index (χ0v) is 15.4. The van der Waals surface area contributed by atoms with E-state index in [1.165, 1.54) is 0 Å². The van der Waals surface area contributed by atoms with Crippen LogP contribution in [0.3, 0.4) is 0 Å². The van der Waals surface area contributed by atoms with Crippen LogP contribution in [0.25, 0.3) is 0 Å². The molecule has 2 aromatic carbocycles. The average molecular weight is 354 g/mol. The zero-order chi connectivity index (χ0) is 18.6. The van der Waals surface area contributed by atoms with E-state index < -0.39 is 5.60 Å². The first-order valence-electron chi connectivity index (χ1n) is 8.91. The van der Waals surface area contributed by atoms with Gasteiger partial charge in [-0.3, -0.25) is 9.69 Å². The Morgan fingerprint density at radius 1 is 1.23 bits per heavy atom. The molecule has 1 heterocycles. The normalized spacial score (nSPS) is 20.1. The van der Waals surface area contributed by atoms with E-state index in [0.717, 1.165) is 22.4 Å². The van der Waals surface area contributed by atoms with Gasteiger partial charge in [-0.05, 0) is 30.5 Å². The van der Waals surface area contributed by atoms with Crippen LogP contribution in [-0.2, 0) is 16.9 Å². The number of hydrogen-bond donors (Lipinski definition) is 2. The summed E-state index contributed by atoms with van der Waals surface area (Å²) in [4.78, 5) is 14.3. The van der Waals surface area contributed by atoms with Crippen LogP contribution in [0.2, 0.25) is 0 Å². The first kappa shape index (κ1) is 18.4. The standard InChI is InChI=1S/C21H26N2O3/c1-16-7-3-5-9-18(16)21(25)11-12-23(15-21)14-20(24)22-13-17-8-4-6-10-19(17)26-2/h3-10,25H,11-15H2,1-2H3,(H,22,24). The van der Waals surface area contributed by atoms with Gasteiger partial charge in [0.2, 0.25) is 5.91 Å². The summed E-state index contributed by atoms with van der Waals surface area (Å²) < 4.78 is 5.30. The van der Waals surface area contributed by atoms with E-state index in [4.69, 9.17) is 4.74 Å². The molecule has 2 aromatic rings. The maximum Gasteiger partial charge on any atom is 0.234 e. The first-order valence-corrected chi connectivity index (χ1v) is 8.91. The minimum atomic E-state index is -0.881. The molecule has 1 atom stereocenters. The molecule has 5 heteroatoms. The molecule has 0 spiro atoms. The fraction of sp³-hybridized carbons (Fsp3) is 0.381. The fourth-order valence-corrected chi connectivity index (χ4v) is 3.62. The van der Waals surface area contributed by atoms with E-state index in [-0.39, 0.29) is 12.5 Å². The van der Waals surface area contributed by atoms with Gasteiger partial charge >= 0.3 is 0 Å². The van der Waals surface area contributed by atoms with Crippen molar-refractivity contribution in [1.29, 1.82) is 0 Å². The van der Waals surface area contributed by atoms with Gasteiger partial charge in [-0.15, -0.1) is 0 Å². The summed E-state index contributed by atoms with van der Waals surface area (Å²) in [6.45, 7) is 3.89. The van der Waals surface area contributed by atoms with Gasteiger partial charge < -0.3 is 15.2 Å². The Labute approximate surface area is 154 Å². The number of amides is 1. The predicted molar refractivity (Wildman–Crippen MR) is 101 cm³/mol. The second kappa shape index (κ2) is 7.89. The summed E-state index contributed by atoms with van der Waals surface area (Å²) >= 11 is 0. The molecule has 1 saturated heterocycles. The Kier molecular flexibility index (Phi) is 5.59. The molecule has 0 radical (unpaired) electrons. The second-order valence-electron chi connectivity index (χ2n) is 6.90. The molecule has 1 unspecified atom stereocenters. The summed E-state index contributed by atoms with van der Waals surface area (Å²) in [5.41, 5.74) is 2.10. The molecular weight excluding hydrogens is 328 g/mol. The maximum atomic E-state index is 12.3. The Balaban J connectivity index is 1.55. The van der Waals surface area contributed by atoms with Crippen molar-refractivity contribution in [2.75, 3.05) is 26.7 Å². The van der Waals surface area contributed by atoms with Crippen LogP contribution in [0, 0.1) is 6.92 Å². The lowest BCUT2D eigenvalue weighted by atomic mass is 9.89. The van der Waals surface area contributed by atoms with Crippen molar-refractivity contribution in [2.24, 2.45) is 0 Å². The summed E-state index contributed by atoms with van der Waals surface area (Å²) in [7, 11) is 1.62. The number of nitrogens with zero attached hydrogens (tertiary/aromatic N) is 1. The highest BCUT2D eigenvalue weighted by Crippen LogP contribution is 2.33. The van der Waals surface area contributed by atoms with Crippen molar-refractivity contribution in [1.82, 2.24) is 10.2 Å². The lowest BCUT2D eigenvalue weighted by Crippen LogP contribution is -2.38. The van der Waals surface area contributed by atoms with E-state index in [1.807, 2.05) is 60.4 Å². The lowest BCUT2D eigenvalue weighted by molar-refractivity contribution is -0.122. The van der Waals surface area contributed by atoms with Gasteiger partial charge in [-0.1, -0.05) is 42.5 Å². The van der Waals surface area contributed by atoms with E-state index in [1.54, 1.807) is 7.11 Å². The monoisotopic (exact) mass is 354 g/mol. The number of para-hydroxylation sites is 1. The molecule has 5 nitrogen and oxygen atoms in total. The molecule has 0 bridgehead atoms. The Morgan fingerprint density at radius 3 is 2.73 bits per heavy atom. The molecule has 0 saturated carbocycles. The van der Waals surface area contributed by atoms with Gasteiger partial charge in [0.05, 0.1) is 13.7 Å². The number of methoxy groups -OCH3 is 1. The molecule has 1 amide bonds. The Morgan fingerprint density at radius 2 is 1.96 bits per heavy atom. The topological polar surface area (TPSA) is 61.8 Å².